The Hall–Kier alpha value is -2.32. The second-order valence-electron chi connectivity index (χ2n) is 6.06. The number of fused-ring (bicyclic) bond motifs is 1. The van der Waals surface area contributed by atoms with Crippen molar-refractivity contribution in [2.24, 2.45) is 10.2 Å². The molecule has 158 valence electrons. The van der Waals surface area contributed by atoms with Gasteiger partial charge < -0.3 is 9.64 Å². The third-order valence-corrected chi connectivity index (χ3v) is 5.77. The molecule has 0 atom stereocenters. The number of methoxy groups -OCH3 is 1. The highest BCUT2D eigenvalue weighted by molar-refractivity contribution is 7.93. The van der Waals surface area contributed by atoms with Crippen LogP contribution < -0.4 is 9.62 Å². The number of rotatable bonds is 7. The van der Waals surface area contributed by atoms with E-state index in [0.29, 0.717) is 31.8 Å². The molecule has 2 heterocycles. The van der Waals surface area contributed by atoms with Crippen molar-refractivity contribution in [2.75, 3.05) is 36.4 Å². The third kappa shape index (κ3) is 5.00. The van der Waals surface area contributed by atoms with Gasteiger partial charge >= 0.3 is 15.5 Å². The average Bonchev–Trinajstić information content (AvgIpc) is 3.17. The standard InChI is InChI=1S/C15H17F3N6O3S2/c1-27-6-5-24-4-2-3-10-7-11(21-22-14-19-9-20-28-14)12(8-13(10)24)23-29(25,26)15(16,17)18/h7-9,23H,2-6H2,1H3. The molecule has 0 unspecified atom stereocenters. The number of anilines is 2. The normalized spacial score (nSPS) is 15.0. The van der Waals surface area contributed by atoms with Gasteiger partial charge in [-0.15, -0.1) is 10.2 Å². The number of aryl methyl sites for hydroxylation is 1. The molecule has 1 aliphatic rings. The van der Waals surface area contributed by atoms with Crippen LogP contribution in [0, 0.1) is 0 Å². The summed E-state index contributed by atoms with van der Waals surface area (Å²) in [6.07, 6.45) is 2.76. The molecule has 0 saturated heterocycles. The molecule has 0 saturated carbocycles. The Morgan fingerprint density at radius 1 is 1.34 bits per heavy atom. The van der Waals surface area contributed by atoms with E-state index in [-0.39, 0.29) is 16.5 Å². The lowest BCUT2D eigenvalue weighted by molar-refractivity contribution is -0.0429. The minimum Gasteiger partial charge on any atom is -0.383 e. The van der Waals surface area contributed by atoms with E-state index in [4.69, 9.17) is 4.74 Å². The van der Waals surface area contributed by atoms with Crippen LogP contribution in [0.5, 0.6) is 0 Å². The Kier molecular flexibility index (Phi) is 6.33. The molecule has 0 aliphatic carbocycles. The van der Waals surface area contributed by atoms with Crippen molar-refractivity contribution >= 4 is 43.7 Å². The summed E-state index contributed by atoms with van der Waals surface area (Å²) >= 11 is 0.941. The number of alkyl halides is 3. The summed E-state index contributed by atoms with van der Waals surface area (Å²) in [5.74, 6) is 0. The zero-order valence-electron chi connectivity index (χ0n) is 15.2. The van der Waals surface area contributed by atoms with Crippen LogP contribution in [0.25, 0.3) is 0 Å². The molecule has 0 amide bonds. The number of halogens is 3. The van der Waals surface area contributed by atoms with Gasteiger partial charge in [0.25, 0.3) is 0 Å². The molecule has 0 bridgehead atoms. The highest BCUT2D eigenvalue weighted by Crippen LogP contribution is 2.39. The van der Waals surface area contributed by atoms with Gasteiger partial charge in [-0.2, -0.15) is 26.0 Å². The maximum absolute atomic E-state index is 12.9. The van der Waals surface area contributed by atoms with Crippen LogP contribution in [0.2, 0.25) is 0 Å². The highest BCUT2D eigenvalue weighted by Gasteiger charge is 2.46. The molecular formula is C15H17F3N6O3S2. The van der Waals surface area contributed by atoms with Crippen molar-refractivity contribution in [3.8, 4) is 0 Å². The second kappa shape index (κ2) is 8.59. The number of hydrogen-bond acceptors (Lipinski definition) is 9. The van der Waals surface area contributed by atoms with Crippen molar-refractivity contribution in [3.63, 3.8) is 0 Å². The fourth-order valence-corrected chi connectivity index (χ4v) is 3.73. The van der Waals surface area contributed by atoms with Crippen molar-refractivity contribution in [3.05, 3.63) is 24.0 Å². The van der Waals surface area contributed by atoms with Crippen LogP contribution in [0.3, 0.4) is 0 Å². The summed E-state index contributed by atoms with van der Waals surface area (Å²) in [5, 5.41) is 7.92. The van der Waals surface area contributed by atoms with E-state index in [0.717, 1.165) is 23.5 Å². The van der Waals surface area contributed by atoms with E-state index in [1.165, 1.54) is 18.5 Å². The first kappa shape index (κ1) is 21.4. The minimum absolute atomic E-state index is 0.0413. The van der Waals surface area contributed by atoms with Crippen LogP contribution >= 0.6 is 11.5 Å². The van der Waals surface area contributed by atoms with Gasteiger partial charge in [-0.25, -0.2) is 4.98 Å². The summed E-state index contributed by atoms with van der Waals surface area (Å²) in [6, 6.07) is 2.88. The number of nitrogens with one attached hydrogen (secondary N) is 1. The molecule has 1 aliphatic heterocycles. The number of benzene rings is 1. The molecule has 0 spiro atoms. The van der Waals surface area contributed by atoms with Crippen molar-refractivity contribution in [2.45, 2.75) is 18.3 Å². The van der Waals surface area contributed by atoms with Crippen molar-refractivity contribution < 1.29 is 26.3 Å². The summed E-state index contributed by atoms with van der Waals surface area (Å²) in [7, 11) is -4.08. The lowest BCUT2D eigenvalue weighted by Gasteiger charge is -2.32. The van der Waals surface area contributed by atoms with Gasteiger partial charge in [-0.05, 0) is 30.5 Å². The SMILES string of the molecule is COCCN1CCCc2cc(N=Nc3ncns3)c(NS(=O)(=O)C(F)(F)F)cc21. The topological polar surface area (TPSA) is 109 Å². The molecule has 29 heavy (non-hydrogen) atoms. The second-order valence-corrected chi connectivity index (χ2v) is 8.49. The molecule has 1 aromatic carbocycles. The number of azo groups is 1. The fraction of sp³-hybridized carbons (Fsp3) is 0.467. The molecule has 3 rings (SSSR count). The number of sulfonamides is 1. The van der Waals surface area contributed by atoms with Crippen molar-refractivity contribution in [1.82, 2.24) is 9.36 Å². The van der Waals surface area contributed by atoms with E-state index in [2.05, 4.69) is 19.6 Å². The first-order chi connectivity index (χ1) is 13.7. The summed E-state index contributed by atoms with van der Waals surface area (Å²) < 4.78 is 72.4. The Labute approximate surface area is 168 Å². The molecule has 0 fully saturated rings. The molecule has 1 N–H and O–H groups in total. The zero-order valence-corrected chi connectivity index (χ0v) is 16.8. The Morgan fingerprint density at radius 3 is 2.79 bits per heavy atom. The van der Waals surface area contributed by atoms with E-state index in [9.17, 15) is 21.6 Å². The monoisotopic (exact) mass is 450 g/mol. The van der Waals surface area contributed by atoms with Gasteiger partial charge in [0.15, 0.2) is 0 Å². The van der Waals surface area contributed by atoms with E-state index in [1.807, 2.05) is 4.90 Å². The van der Waals surface area contributed by atoms with Crippen LogP contribution in [0.15, 0.2) is 28.7 Å². The van der Waals surface area contributed by atoms with Gasteiger partial charge in [-0.1, -0.05) is 0 Å². The van der Waals surface area contributed by atoms with Crippen LogP contribution in [-0.4, -0.2) is 50.1 Å². The Morgan fingerprint density at radius 2 is 2.14 bits per heavy atom. The smallest absolute Gasteiger partial charge is 0.383 e. The number of hydrogen-bond donors (Lipinski definition) is 1. The molecule has 14 heteroatoms. The number of aromatic nitrogens is 2. The molecule has 2 aromatic rings. The third-order valence-electron chi connectivity index (χ3n) is 4.12. The predicted octanol–water partition coefficient (Wildman–Crippen LogP) is 3.61. The number of ether oxygens (including phenoxy) is 1. The van der Waals surface area contributed by atoms with E-state index < -0.39 is 15.5 Å². The lowest BCUT2D eigenvalue weighted by atomic mass is 10.00. The first-order valence-corrected chi connectivity index (χ1v) is 10.7. The summed E-state index contributed by atoms with van der Waals surface area (Å²) in [6.45, 7) is 1.61. The van der Waals surface area contributed by atoms with Crippen LogP contribution in [0.1, 0.15) is 12.0 Å². The van der Waals surface area contributed by atoms with Gasteiger partial charge in [0, 0.05) is 37.4 Å². The van der Waals surface area contributed by atoms with Gasteiger partial charge in [0.2, 0.25) is 5.13 Å². The fourth-order valence-electron chi connectivity index (χ4n) is 2.80. The Balaban J connectivity index is 2.04. The van der Waals surface area contributed by atoms with Crippen molar-refractivity contribution in [1.29, 1.82) is 0 Å². The van der Waals surface area contributed by atoms with Gasteiger partial charge in [0.1, 0.15) is 12.0 Å². The van der Waals surface area contributed by atoms with Crippen LogP contribution in [-0.2, 0) is 21.2 Å². The number of nitrogens with zero attached hydrogens (tertiary/aromatic N) is 5. The minimum atomic E-state index is -5.63. The van der Waals surface area contributed by atoms with E-state index in [1.54, 1.807) is 11.8 Å². The average molecular weight is 450 g/mol. The first-order valence-electron chi connectivity index (χ1n) is 8.39. The predicted molar refractivity (Wildman–Crippen MR) is 102 cm³/mol. The maximum atomic E-state index is 12.9. The Bertz CT molecular complexity index is 980. The van der Waals surface area contributed by atoms with E-state index >= 15 is 0 Å². The maximum Gasteiger partial charge on any atom is 0.516 e. The zero-order chi connectivity index (χ0) is 21.1. The van der Waals surface area contributed by atoms with Gasteiger partial charge in [0.05, 0.1) is 12.3 Å². The van der Waals surface area contributed by atoms with Gasteiger partial charge in [-0.3, -0.25) is 4.72 Å². The lowest BCUT2D eigenvalue weighted by Crippen LogP contribution is -2.33. The summed E-state index contributed by atoms with van der Waals surface area (Å²) in [4.78, 5) is 5.74. The molecule has 9 nitrogen and oxygen atoms in total. The summed E-state index contributed by atoms with van der Waals surface area (Å²) in [5.41, 5.74) is -4.37. The molecule has 0 radical (unpaired) electrons. The molecule has 1 aromatic heterocycles. The quantitative estimate of drug-likeness (QED) is 0.646. The largest absolute Gasteiger partial charge is 0.516 e. The van der Waals surface area contributed by atoms with Crippen LogP contribution in [0.4, 0.5) is 35.4 Å². The highest BCUT2D eigenvalue weighted by atomic mass is 32.2. The molecular weight excluding hydrogens is 433 g/mol.